The Hall–Kier alpha value is -0.530. The summed E-state index contributed by atoms with van der Waals surface area (Å²) in [6.07, 6.45) is 12.3. The van der Waals surface area contributed by atoms with Gasteiger partial charge in [0.25, 0.3) is 0 Å². The van der Waals surface area contributed by atoms with Crippen LogP contribution in [0, 0.1) is 11.3 Å². The fourth-order valence-corrected chi connectivity index (χ4v) is 2.97. The lowest BCUT2D eigenvalue weighted by molar-refractivity contribution is -0.156. The van der Waals surface area contributed by atoms with Gasteiger partial charge in [0.15, 0.2) is 0 Å². The molecule has 112 valence electrons. The van der Waals surface area contributed by atoms with Gasteiger partial charge in [-0.25, -0.2) is 0 Å². The minimum atomic E-state index is 0.0438. The predicted octanol–water partition coefficient (Wildman–Crippen LogP) is 5.11. The molecule has 0 radical (unpaired) electrons. The van der Waals surface area contributed by atoms with Crippen molar-refractivity contribution in [3.63, 3.8) is 0 Å². The van der Waals surface area contributed by atoms with Crippen LogP contribution < -0.4 is 0 Å². The number of hydrogen-bond acceptors (Lipinski definition) is 2. The van der Waals surface area contributed by atoms with Gasteiger partial charge in [-0.05, 0) is 24.7 Å². The van der Waals surface area contributed by atoms with Crippen LogP contribution in [0.25, 0.3) is 0 Å². The first kappa shape index (κ1) is 16.5. The third kappa shape index (κ3) is 6.98. The summed E-state index contributed by atoms with van der Waals surface area (Å²) >= 11 is 0. The van der Waals surface area contributed by atoms with E-state index in [1.807, 2.05) is 0 Å². The van der Waals surface area contributed by atoms with E-state index >= 15 is 0 Å². The maximum atomic E-state index is 11.7. The Kier molecular flexibility index (Phi) is 7.48. The minimum absolute atomic E-state index is 0.0438. The molecule has 0 N–H and O–H groups in total. The van der Waals surface area contributed by atoms with Crippen molar-refractivity contribution in [2.45, 2.75) is 85.0 Å². The number of esters is 1. The fraction of sp³-hybridized carbons (Fsp3) is 0.941. The molecule has 0 spiro atoms. The summed E-state index contributed by atoms with van der Waals surface area (Å²) < 4.78 is 5.35. The summed E-state index contributed by atoms with van der Waals surface area (Å²) in [5.41, 5.74) is 0.363. The minimum Gasteiger partial charge on any atom is -0.465 e. The van der Waals surface area contributed by atoms with Crippen LogP contribution in [0.1, 0.15) is 85.0 Å². The molecule has 19 heavy (non-hydrogen) atoms. The Balaban J connectivity index is 1.85. The molecule has 0 aliphatic heterocycles. The van der Waals surface area contributed by atoms with Gasteiger partial charge in [-0.15, -0.1) is 0 Å². The standard InChI is InChI=1S/C17H32O2/c1-4-5-6-7-8-9-10-11-12-19-16(18)15-13-17(2,3)14-15/h15H,4-14H2,1-3H3. The number of ether oxygens (including phenoxy) is 1. The summed E-state index contributed by atoms with van der Waals surface area (Å²) in [6, 6.07) is 0. The highest BCUT2D eigenvalue weighted by molar-refractivity contribution is 5.73. The third-order valence-electron chi connectivity index (χ3n) is 4.17. The molecule has 1 saturated carbocycles. The highest BCUT2D eigenvalue weighted by Crippen LogP contribution is 2.45. The lowest BCUT2D eigenvalue weighted by atomic mass is 9.64. The smallest absolute Gasteiger partial charge is 0.308 e. The van der Waals surface area contributed by atoms with Gasteiger partial charge in [0, 0.05) is 0 Å². The van der Waals surface area contributed by atoms with E-state index < -0.39 is 0 Å². The molecule has 0 amide bonds. The van der Waals surface area contributed by atoms with Crippen molar-refractivity contribution in [1.29, 1.82) is 0 Å². The van der Waals surface area contributed by atoms with Crippen molar-refractivity contribution in [2.75, 3.05) is 6.61 Å². The van der Waals surface area contributed by atoms with Crippen LogP contribution in [0.4, 0.5) is 0 Å². The number of carbonyl (C=O) groups excluding carboxylic acids is 1. The molecule has 0 atom stereocenters. The average Bonchev–Trinajstić information content (AvgIpc) is 2.33. The molecule has 0 saturated heterocycles. The Morgan fingerprint density at radius 2 is 1.53 bits per heavy atom. The van der Waals surface area contributed by atoms with E-state index in [4.69, 9.17) is 4.74 Å². The highest BCUT2D eigenvalue weighted by atomic mass is 16.5. The Labute approximate surface area is 119 Å². The number of carbonyl (C=O) groups is 1. The first-order chi connectivity index (χ1) is 9.05. The van der Waals surface area contributed by atoms with Crippen LogP contribution in [0.15, 0.2) is 0 Å². The van der Waals surface area contributed by atoms with E-state index in [0.29, 0.717) is 12.0 Å². The molecule has 0 unspecified atom stereocenters. The van der Waals surface area contributed by atoms with Crippen molar-refractivity contribution < 1.29 is 9.53 Å². The van der Waals surface area contributed by atoms with Crippen LogP contribution in [-0.2, 0) is 9.53 Å². The van der Waals surface area contributed by atoms with Crippen LogP contribution in [0.2, 0.25) is 0 Å². The molecular formula is C17H32O2. The third-order valence-corrected chi connectivity index (χ3v) is 4.17. The molecular weight excluding hydrogens is 236 g/mol. The maximum absolute atomic E-state index is 11.7. The van der Waals surface area contributed by atoms with Crippen molar-refractivity contribution in [3.05, 3.63) is 0 Å². The molecule has 2 heteroatoms. The molecule has 1 fully saturated rings. The average molecular weight is 268 g/mol. The zero-order valence-electron chi connectivity index (χ0n) is 13.2. The molecule has 0 heterocycles. The SMILES string of the molecule is CCCCCCCCCCOC(=O)C1CC(C)(C)C1. The van der Waals surface area contributed by atoms with E-state index in [-0.39, 0.29) is 11.9 Å². The zero-order valence-corrected chi connectivity index (χ0v) is 13.2. The summed E-state index contributed by atoms with van der Waals surface area (Å²) in [6.45, 7) is 7.31. The normalized spacial score (nSPS) is 18.1. The number of rotatable bonds is 10. The number of hydrogen-bond donors (Lipinski definition) is 0. The molecule has 0 bridgehead atoms. The van der Waals surface area contributed by atoms with Crippen molar-refractivity contribution in [2.24, 2.45) is 11.3 Å². The van der Waals surface area contributed by atoms with Crippen molar-refractivity contribution >= 4 is 5.97 Å². The lowest BCUT2D eigenvalue weighted by Gasteiger charge is -2.40. The van der Waals surface area contributed by atoms with Gasteiger partial charge in [0.1, 0.15) is 0 Å². The van der Waals surface area contributed by atoms with E-state index in [0.717, 1.165) is 19.3 Å². The molecule has 2 nitrogen and oxygen atoms in total. The van der Waals surface area contributed by atoms with E-state index in [2.05, 4.69) is 20.8 Å². The van der Waals surface area contributed by atoms with E-state index in [1.165, 1.54) is 44.9 Å². The van der Waals surface area contributed by atoms with Gasteiger partial charge in [0.05, 0.1) is 12.5 Å². The van der Waals surface area contributed by atoms with Gasteiger partial charge in [-0.1, -0.05) is 65.7 Å². The zero-order chi connectivity index (χ0) is 14.1. The summed E-state index contributed by atoms with van der Waals surface area (Å²) in [4.78, 5) is 11.7. The van der Waals surface area contributed by atoms with Gasteiger partial charge in [0.2, 0.25) is 0 Å². The summed E-state index contributed by atoms with van der Waals surface area (Å²) in [5.74, 6) is 0.228. The summed E-state index contributed by atoms with van der Waals surface area (Å²) in [5, 5.41) is 0. The second-order valence-corrected chi connectivity index (χ2v) is 6.91. The molecule has 1 aliphatic rings. The van der Waals surface area contributed by atoms with Crippen molar-refractivity contribution in [1.82, 2.24) is 0 Å². The second kappa shape index (κ2) is 8.60. The van der Waals surface area contributed by atoms with Crippen LogP contribution in [0.5, 0.6) is 0 Å². The summed E-state index contributed by atoms with van der Waals surface area (Å²) in [7, 11) is 0. The topological polar surface area (TPSA) is 26.3 Å². The molecule has 1 rings (SSSR count). The Morgan fingerprint density at radius 3 is 2.05 bits per heavy atom. The quantitative estimate of drug-likeness (QED) is 0.406. The monoisotopic (exact) mass is 268 g/mol. The first-order valence-electron chi connectivity index (χ1n) is 8.22. The maximum Gasteiger partial charge on any atom is 0.308 e. The van der Waals surface area contributed by atoms with Gasteiger partial charge < -0.3 is 4.74 Å². The van der Waals surface area contributed by atoms with Crippen molar-refractivity contribution in [3.8, 4) is 0 Å². The van der Waals surface area contributed by atoms with Crippen LogP contribution in [0.3, 0.4) is 0 Å². The van der Waals surface area contributed by atoms with E-state index in [9.17, 15) is 4.79 Å². The Bertz CT molecular complexity index is 250. The first-order valence-corrected chi connectivity index (χ1v) is 8.22. The van der Waals surface area contributed by atoms with Crippen LogP contribution in [-0.4, -0.2) is 12.6 Å². The van der Waals surface area contributed by atoms with Gasteiger partial charge >= 0.3 is 5.97 Å². The fourth-order valence-electron chi connectivity index (χ4n) is 2.97. The molecule has 0 aromatic rings. The molecule has 1 aliphatic carbocycles. The van der Waals surface area contributed by atoms with Gasteiger partial charge in [-0.3, -0.25) is 4.79 Å². The van der Waals surface area contributed by atoms with Crippen LogP contribution >= 0.6 is 0 Å². The van der Waals surface area contributed by atoms with Gasteiger partial charge in [-0.2, -0.15) is 0 Å². The Morgan fingerprint density at radius 1 is 1.00 bits per heavy atom. The number of unbranched alkanes of at least 4 members (excludes halogenated alkanes) is 7. The van der Waals surface area contributed by atoms with E-state index in [1.54, 1.807) is 0 Å². The largest absolute Gasteiger partial charge is 0.465 e. The predicted molar refractivity (Wildman–Crippen MR) is 80.1 cm³/mol. The molecule has 0 aromatic heterocycles. The lowest BCUT2D eigenvalue weighted by Crippen LogP contribution is -2.37. The highest BCUT2D eigenvalue weighted by Gasteiger charge is 2.41. The molecule has 0 aromatic carbocycles. The second-order valence-electron chi connectivity index (χ2n) is 6.91.